The van der Waals surface area contributed by atoms with Gasteiger partial charge >= 0.3 is 5.97 Å². The molecule has 2 N–H and O–H groups in total. The van der Waals surface area contributed by atoms with Gasteiger partial charge in [-0.2, -0.15) is 0 Å². The fourth-order valence-corrected chi connectivity index (χ4v) is 5.23. The molecule has 22 heavy (non-hydrogen) atoms. The third-order valence-electron chi connectivity index (χ3n) is 6.69. The van der Waals surface area contributed by atoms with Crippen molar-refractivity contribution in [3.63, 3.8) is 0 Å². The number of fused-ring (bicyclic) bond motifs is 3. The lowest BCUT2D eigenvalue weighted by Crippen LogP contribution is -2.66. The molecule has 0 spiro atoms. The largest absolute Gasteiger partial charge is 0.469 e. The Labute approximate surface area is 132 Å². The first-order chi connectivity index (χ1) is 10.1. The van der Waals surface area contributed by atoms with E-state index in [1.54, 1.807) is 0 Å². The quantitative estimate of drug-likeness (QED) is 0.724. The van der Waals surface area contributed by atoms with E-state index in [4.69, 9.17) is 9.47 Å². The molecule has 1 aliphatic heterocycles. The van der Waals surface area contributed by atoms with Crippen LogP contribution in [0.1, 0.15) is 59.3 Å². The average Bonchev–Trinajstić information content (AvgIpc) is 2.67. The number of hydrogen-bond acceptors (Lipinski definition) is 5. The van der Waals surface area contributed by atoms with E-state index >= 15 is 0 Å². The van der Waals surface area contributed by atoms with E-state index in [9.17, 15) is 15.0 Å². The SMILES string of the molecule is COC(=O)[C@]12CCC(C)(C)C[C@H]1[C@@]1(O)C[C@H](O)O[C@@]1(C)CC2. The van der Waals surface area contributed by atoms with Gasteiger partial charge in [0, 0.05) is 12.3 Å². The Morgan fingerprint density at radius 2 is 1.77 bits per heavy atom. The summed E-state index contributed by atoms with van der Waals surface area (Å²) >= 11 is 0. The van der Waals surface area contributed by atoms with E-state index in [2.05, 4.69) is 13.8 Å². The maximum atomic E-state index is 12.6. The Hall–Kier alpha value is -0.650. The van der Waals surface area contributed by atoms with Gasteiger partial charge in [-0.1, -0.05) is 13.8 Å². The average molecular weight is 312 g/mol. The van der Waals surface area contributed by atoms with E-state index in [0.29, 0.717) is 12.8 Å². The van der Waals surface area contributed by atoms with Crippen LogP contribution in [0.4, 0.5) is 0 Å². The normalized spacial score (nSPS) is 50.1. The molecule has 0 aromatic rings. The minimum Gasteiger partial charge on any atom is -0.469 e. The van der Waals surface area contributed by atoms with Crippen LogP contribution in [0.5, 0.6) is 0 Å². The molecule has 5 nitrogen and oxygen atoms in total. The third kappa shape index (κ3) is 1.98. The first-order valence-electron chi connectivity index (χ1n) is 8.25. The molecule has 0 unspecified atom stereocenters. The van der Waals surface area contributed by atoms with E-state index in [1.165, 1.54) is 7.11 Å². The molecule has 5 heteroatoms. The summed E-state index contributed by atoms with van der Waals surface area (Å²) in [5, 5.41) is 21.5. The zero-order chi connectivity index (χ0) is 16.4. The second-order valence-electron chi connectivity index (χ2n) is 8.50. The molecule has 3 aliphatic rings. The molecule has 3 rings (SSSR count). The van der Waals surface area contributed by atoms with Crippen molar-refractivity contribution < 1.29 is 24.5 Å². The molecule has 0 bridgehead atoms. The monoisotopic (exact) mass is 312 g/mol. The summed E-state index contributed by atoms with van der Waals surface area (Å²) < 4.78 is 10.8. The van der Waals surface area contributed by atoms with Crippen LogP contribution >= 0.6 is 0 Å². The Balaban J connectivity index is 2.08. The summed E-state index contributed by atoms with van der Waals surface area (Å²) in [4.78, 5) is 12.6. The van der Waals surface area contributed by atoms with Gasteiger partial charge in [0.1, 0.15) is 5.60 Å². The predicted molar refractivity (Wildman–Crippen MR) is 79.9 cm³/mol. The summed E-state index contributed by atoms with van der Waals surface area (Å²) in [6.45, 7) is 6.22. The lowest BCUT2D eigenvalue weighted by molar-refractivity contribution is -0.238. The van der Waals surface area contributed by atoms with Crippen LogP contribution < -0.4 is 0 Å². The molecular formula is C17H28O5. The van der Waals surface area contributed by atoms with Crippen molar-refractivity contribution in [1.82, 2.24) is 0 Å². The number of aliphatic hydroxyl groups excluding tert-OH is 1. The topological polar surface area (TPSA) is 76.0 Å². The van der Waals surface area contributed by atoms with Crippen molar-refractivity contribution in [3.05, 3.63) is 0 Å². The van der Waals surface area contributed by atoms with Gasteiger partial charge in [-0.3, -0.25) is 4.79 Å². The second kappa shape index (κ2) is 4.68. The first-order valence-corrected chi connectivity index (χ1v) is 8.25. The van der Waals surface area contributed by atoms with Gasteiger partial charge in [-0.15, -0.1) is 0 Å². The summed E-state index contributed by atoms with van der Waals surface area (Å²) in [5.41, 5.74) is -2.56. The fraction of sp³-hybridized carbons (Fsp3) is 0.941. The van der Waals surface area contributed by atoms with Crippen molar-refractivity contribution in [3.8, 4) is 0 Å². The molecule has 0 amide bonds. The van der Waals surface area contributed by atoms with Gasteiger partial charge < -0.3 is 19.7 Å². The van der Waals surface area contributed by atoms with Crippen LogP contribution in [0.3, 0.4) is 0 Å². The first kappa shape index (κ1) is 16.2. The van der Waals surface area contributed by atoms with Crippen molar-refractivity contribution >= 4 is 5.97 Å². The zero-order valence-corrected chi connectivity index (χ0v) is 14.0. The summed E-state index contributed by atoms with van der Waals surface area (Å²) in [6.07, 6.45) is 2.82. The molecule has 0 radical (unpaired) electrons. The molecule has 1 heterocycles. The maximum Gasteiger partial charge on any atom is 0.312 e. The number of aliphatic hydroxyl groups is 2. The van der Waals surface area contributed by atoms with Gasteiger partial charge in [0.25, 0.3) is 0 Å². The number of methoxy groups -OCH3 is 1. The van der Waals surface area contributed by atoms with Gasteiger partial charge in [0.15, 0.2) is 6.29 Å². The van der Waals surface area contributed by atoms with Crippen LogP contribution in [-0.2, 0) is 14.3 Å². The molecule has 2 aliphatic carbocycles. The molecule has 3 fully saturated rings. The van der Waals surface area contributed by atoms with Crippen molar-refractivity contribution in [1.29, 1.82) is 0 Å². The van der Waals surface area contributed by atoms with E-state index < -0.39 is 22.9 Å². The molecule has 126 valence electrons. The van der Waals surface area contributed by atoms with Crippen LogP contribution in [0, 0.1) is 16.7 Å². The fourth-order valence-electron chi connectivity index (χ4n) is 5.23. The highest BCUT2D eigenvalue weighted by molar-refractivity contribution is 5.78. The standard InChI is InChI=1S/C17H28O5/c1-14(2)5-7-16(13(19)21-4)8-6-15(3)17(20,11(16)9-14)10-12(18)22-15/h11-12,18,20H,5-10H2,1-4H3/t11-,12-,15+,16+,17+/m1/s1. The van der Waals surface area contributed by atoms with Gasteiger partial charge in [0.2, 0.25) is 0 Å². The number of carbonyl (C=O) groups is 1. The Kier molecular flexibility index (Phi) is 3.45. The lowest BCUT2D eigenvalue weighted by atomic mass is 9.46. The summed E-state index contributed by atoms with van der Waals surface area (Å²) in [6, 6.07) is 0. The van der Waals surface area contributed by atoms with Crippen molar-refractivity contribution in [2.75, 3.05) is 7.11 Å². The molecule has 0 aromatic heterocycles. The van der Waals surface area contributed by atoms with E-state index in [-0.39, 0.29) is 23.7 Å². The Bertz CT molecular complexity index is 489. The maximum absolute atomic E-state index is 12.6. The predicted octanol–water partition coefficient (Wildman–Crippen LogP) is 1.99. The second-order valence-corrected chi connectivity index (χ2v) is 8.50. The summed E-state index contributed by atoms with van der Waals surface area (Å²) in [5.74, 6) is -0.461. The van der Waals surface area contributed by atoms with E-state index in [0.717, 1.165) is 19.3 Å². The summed E-state index contributed by atoms with van der Waals surface area (Å²) in [7, 11) is 1.42. The molecule has 1 saturated heterocycles. The highest BCUT2D eigenvalue weighted by Crippen LogP contribution is 2.64. The van der Waals surface area contributed by atoms with Crippen molar-refractivity contribution in [2.24, 2.45) is 16.7 Å². The highest BCUT2D eigenvalue weighted by Gasteiger charge is 2.70. The van der Waals surface area contributed by atoms with Crippen LogP contribution in [0.25, 0.3) is 0 Å². The lowest BCUT2D eigenvalue weighted by Gasteiger charge is -2.59. The van der Waals surface area contributed by atoms with Crippen LogP contribution in [-0.4, -0.2) is 40.8 Å². The molecular weight excluding hydrogens is 284 g/mol. The Morgan fingerprint density at radius 3 is 2.41 bits per heavy atom. The smallest absolute Gasteiger partial charge is 0.312 e. The highest BCUT2D eigenvalue weighted by atomic mass is 16.6. The zero-order valence-electron chi connectivity index (χ0n) is 14.0. The molecule has 5 atom stereocenters. The van der Waals surface area contributed by atoms with Crippen LogP contribution in [0.15, 0.2) is 0 Å². The van der Waals surface area contributed by atoms with E-state index in [1.807, 2.05) is 6.92 Å². The molecule has 2 saturated carbocycles. The van der Waals surface area contributed by atoms with Crippen LogP contribution in [0.2, 0.25) is 0 Å². The van der Waals surface area contributed by atoms with Gasteiger partial charge in [-0.05, 0) is 44.4 Å². The number of esters is 1. The minimum absolute atomic E-state index is 0.0592. The number of rotatable bonds is 1. The van der Waals surface area contributed by atoms with Gasteiger partial charge in [0.05, 0.1) is 18.1 Å². The number of hydrogen-bond donors (Lipinski definition) is 2. The number of ether oxygens (including phenoxy) is 2. The molecule has 0 aromatic carbocycles. The minimum atomic E-state index is -1.18. The third-order valence-corrected chi connectivity index (χ3v) is 6.69. The van der Waals surface area contributed by atoms with Crippen molar-refractivity contribution in [2.45, 2.75) is 76.8 Å². The van der Waals surface area contributed by atoms with Gasteiger partial charge in [-0.25, -0.2) is 0 Å². The Morgan fingerprint density at radius 1 is 1.14 bits per heavy atom. The number of carbonyl (C=O) groups excluding carboxylic acids is 1.